The molecule has 0 spiro atoms. The topological polar surface area (TPSA) is 101 Å². The van der Waals surface area contributed by atoms with Gasteiger partial charge in [-0.2, -0.15) is 0 Å². The Bertz CT molecular complexity index is 529. The molecule has 1 heterocycles. The van der Waals surface area contributed by atoms with E-state index in [1.807, 2.05) is 0 Å². The summed E-state index contributed by atoms with van der Waals surface area (Å²) in [5.41, 5.74) is -1.07. The van der Waals surface area contributed by atoms with Crippen LogP contribution in [-0.4, -0.2) is 40.8 Å². The first-order chi connectivity index (χ1) is 9.69. The first-order valence-electron chi connectivity index (χ1n) is 6.28. The number of aromatic carboxylic acids is 1. The molecule has 1 rings (SSSR count). The predicted octanol–water partition coefficient (Wildman–Crippen LogP) is 1.86. The van der Waals surface area contributed by atoms with Gasteiger partial charge >= 0.3 is 12.1 Å². The summed E-state index contributed by atoms with van der Waals surface area (Å²) in [5, 5.41) is 13.9. The highest BCUT2D eigenvalue weighted by atomic mass is 19.1. The van der Waals surface area contributed by atoms with Crippen molar-refractivity contribution in [3.05, 3.63) is 23.6 Å². The fourth-order valence-corrected chi connectivity index (χ4v) is 1.35. The highest BCUT2D eigenvalue weighted by Crippen LogP contribution is 2.10. The lowest BCUT2D eigenvalue weighted by Crippen LogP contribution is -2.35. The number of hydrogen-bond donors (Lipinski definition) is 3. The van der Waals surface area contributed by atoms with Crippen molar-refractivity contribution >= 4 is 17.9 Å². The third-order valence-electron chi connectivity index (χ3n) is 2.18. The Morgan fingerprint density at radius 1 is 1.38 bits per heavy atom. The molecule has 0 aliphatic carbocycles. The van der Waals surface area contributed by atoms with Crippen molar-refractivity contribution in [3.63, 3.8) is 0 Å². The number of carboxylic acids is 1. The average molecular weight is 299 g/mol. The fourth-order valence-electron chi connectivity index (χ4n) is 1.35. The van der Waals surface area contributed by atoms with Gasteiger partial charge in [-0.3, -0.25) is 0 Å². The molecule has 0 radical (unpaired) electrons. The first kappa shape index (κ1) is 16.7. The molecule has 1 amide bonds. The second-order valence-corrected chi connectivity index (χ2v) is 5.21. The van der Waals surface area contributed by atoms with Gasteiger partial charge in [0.2, 0.25) is 0 Å². The number of rotatable bonds is 5. The maximum absolute atomic E-state index is 13.4. The van der Waals surface area contributed by atoms with Gasteiger partial charge in [0.25, 0.3) is 0 Å². The van der Waals surface area contributed by atoms with Gasteiger partial charge in [-0.05, 0) is 20.8 Å². The lowest BCUT2D eigenvalue weighted by atomic mass is 10.2. The van der Waals surface area contributed by atoms with Crippen molar-refractivity contribution in [1.29, 1.82) is 0 Å². The number of alkyl carbamates (subject to hydrolysis) is 1. The van der Waals surface area contributed by atoms with E-state index in [0.29, 0.717) is 0 Å². The Hall–Kier alpha value is -2.38. The SMILES string of the molecule is CC(C)(C)OC(=O)NCCNc1cc(F)c(C(=O)O)cn1. The quantitative estimate of drug-likeness (QED) is 0.717. The molecule has 1 aromatic rings. The van der Waals surface area contributed by atoms with Crippen LogP contribution in [0.3, 0.4) is 0 Å². The molecule has 0 aromatic carbocycles. The number of aromatic nitrogens is 1. The van der Waals surface area contributed by atoms with Gasteiger partial charge in [-0.15, -0.1) is 0 Å². The predicted molar refractivity (Wildman–Crippen MR) is 73.9 cm³/mol. The lowest BCUT2D eigenvalue weighted by Gasteiger charge is -2.19. The van der Waals surface area contributed by atoms with Crippen LogP contribution in [0.4, 0.5) is 15.0 Å². The lowest BCUT2D eigenvalue weighted by molar-refractivity contribution is 0.0529. The van der Waals surface area contributed by atoms with Crippen LogP contribution < -0.4 is 10.6 Å². The number of anilines is 1. The van der Waals surface area contributed by atoms with Crippen molar-refractivity contribution in [1.82, 2.24) is 10.3 Å². The highest BCUT2D eigenvalue weighted by Gasteiger charge is 2.15. The summed E-state index contributed by atoms with van der Waals surface area (Å²) >= 11 is 0. The average Bonchev–Trinajstić information content (AvgIpc) is 2.32. The summed E-state index contributed by atoms with van der Waals surface area (Å²) < 4.78 is 18.4. The number of pyridine rings is 1. The third kappa shape index (κ3) is 6.07. The van der Waals surface area contributed by atoms with Gasteiger partial charge in [0.1, 0.15) is 22.8 Å². The Kier molecular flexibility index (Phi) is 5.45. The number of amides is 1. The molecule has 0 bridgehead atoms. The third-order valence-corrected chi connectivity index (χ3v) is 2.18. The second kappa shape index (κ2) is 6.87. The molecule has 7 nitrogen and oxygen atoms in total. The fraction of sp³-hybridized carbons (Fsp3) is 0.462. The monoisotopic (exact) mass is 299 g/mol. The van der Waals surface area contributed by atoms with Gasteiger partial charge < -0.3 is 20.5 Å². The molecule has 8 heteroatoms. The van der Waals surface area contributed by atoms with Crippen molar-refractivity contribution in [2.24, 2.45) is 0 Å². The molecule has 0 atom stereocenters. The molecule has 0 saturated carbocycles. The van der Waals surface area contributed by atoms with Gasteiger partial charge in [-0.1, -0.05) is 0 Å². The van der Waals surface area contributed by atoms with Crippen LogP contribution in [0.5, 0.6) is 0 Å². The number of carbonyl (C=O) groups excluding carboxylic acids is 1. The number of hydrogen-bond acceptors (Lipinski definition) is 5. The molecule has 0 aliphatic rings. The molecule has 0 unspecified atom stereocenters. The maximum Gasteiger partial charge on any atom is 0.407 e. The summed E-state index contributed by atoms with van der Waals surface area (Å²) in [6, 6.07) is 0.983. The van der Waals surface area contributed by atoms with Gasteiger partial charge in [0.05, 0.1) is 0 Å². The zero-order valence-corrected chi connectivity index (χ0v) is 12.1. The van der Waals surface area contributed by atoms with Crippen LogP contribution >= 0.6 is 0 Å². The van der Waals surface area contributed by atoms with Crippen LogP contribution in [0.2, 0.25) is 0 Å². The van der Waals surface area contributed by atoms with E-state index in [0.717, 1.165) is 12.3 Å². The van der Waals surface area contributed by atoms with E-state index in [-0.39, 0.29) is 18.9 Å². The summed E-state index contributed by atoms with van der Waals surface area (Å²) in [7, 11) is 0. The van der Waals surface area contributed by atoms with Gasteiger partial charge in [0, 0.05) is 25.4 Å². The van der Waals surface area contributed by atoms with E-state index in [1.165, 1.54) is 0 Å². The molecule has 0 aliphatic heterocycles. The number of ether oxygens (including phenoxy) is 1. The number of carboxylic acid groups (broad SMARTS) is 1. The minimum Gasteiger partial charge on any atom is -0.478 e. The van der Waals surface area contributed by atoms with Crippen LogP contribution in [-0.2, 0) is 4.74 Å². The van der Waals surface area contributed by atoms with Crippen LogP contribution in [0, 0.1) is 5.82 Å². The van der Waals surface area contributed by atoms with E-state index in [1.54, 1.807) is 20.8 Å². The van der Waals surface area contributed by atoms with Crippen molar-refractivity contribution in [3.8, 4) is 0 Å². The first-order valence-corrected chi connectivity index (χ1v) is 6.28. The van der Waals surface area contributed by atoms with E-state index < -0.39 is 29.0 Å². The minimum atomic E-state index is -1.38. The van der Waals surface area contributed by atoms with Crippen LogP contribution in [0.25, 0.3) is 0 Å². The molecular formula is C13H18FN3O4. The molecule has 21 heavy (non-hydrogen) atoms. The summed E-state index contributed by atoms with van der Waals surface area (Å²) in [4.78, 5) is 25.7. The zero-order valence-electron chi connectivity index (χ0n) is 12.1. The Morgan fingerprint density at radius 3 is 2.57 bits per heavy atom. The zero-order chi connectivity index (χ0) is 16.0. The molecule has 0 saturated heterocycles. The van der Waals surface area contributed by atoms with Gasteiger partial charge in [-0.25, -0.2) is 19.0 Å². The van der Waals surface area contributed by atoms with E-state index >= 15 is 0 Å². The maximum atomic E-state index is 13.4. The Balaban J connectivity index is 2.38. The van der Waals surface area contributed by atoms with Crippen molar-refractivity contribution in [2.45, 2.75) is 26.4 Å². The van der Waals surface area contributed by atoms with Crippen molar-refractivity contribution < 1.29 is 23.8 Å². The molecule has 3 N–H and O–H groups in total. The number of nitrogens with zero attached hydrogens (tertiary/aromatic N) is 1. The van der Waals surface area contributed by atoms with Crippen molar-refractivity contribution in [2.75, 3.05) is 18.4 Å². The molecule has 0 fully saturated rings. The smallest absolute Gasteiger partial charge is 0.407 e. The number of carbonyl (C=O) groups is 2. The molecule has 116 valence electrons. The minimum absolute atomic E-state index is 0.184. The largest absolute Gasteiger partial charge is 0.478 e. The van der Waals surface area contributed by atoms with Crippen LogP contribution in [0.15, 0.2) is 12.3 Å². The molecule has 1 aromatic heterocycles. The Labute approximate surface area is 121 Å². The summed E-state index contributed by atoms with van der Waals surface area (Å²) in [5.74, 6) is -2.07. The number of nitrogens with one attached hydrogen (secondary N) is 2. The van der Waals surface area contributed by atoms with E-state index in [9.17, 15) is 14.0 Å². The van der Waals surface area contributed by atoms with E-state index in [4.69, 9.17) is 9.84 Å². The summed E-state index contributed by atoms with van der Waals surface area (Å²) in [6.45, 7) is 5.79. The highest BCUT2D eigenvalue weighted by molar-refractivity contribution is 5.87. The van der Waals surface area contributed by atoms with E-state index in [2.05, 4.69) is 15.6 Å². The molecular weight excluding hydrogens is 281 g/mol. The summed E-state index contributed by atoms with van der Waals surface area (Å²) in [6.07, 6.45) is 0.381. The second-order valence-electron chi connectivity index (χ2n) is 5.21. The van der Waals surface area contributed by atoms with Crippen LogP contribution in [0.1, 0.15) is 31.1 Å². The normalized spacial score (nSPS) is 10.9. The Morgan fingerprint density at radius 2 is 2.05 bits per heavy atom. The standard InChI is InChI=1S/C13H18FN3O4/c1-13(2,3)21-12(20)16-5-4-15-10-6-9(14)8(7-17-10)11(18)19/h6-7H,4-5H2,1-3H3,(H,15,17)(H,16,20)(H,18,19). The van der Waals surface area contributed by atoms with Gasteiger partial charge in [0.15, 0.2) is 0 Å². The number of halogens is 1.